The number of anilines is 2. The molecule has 2 heterocycles. The Balaban J connectivity index is 1.63. The van der Waals surface area contributed by atoms with Crippen LogP contribution in [0.4, 0.5) is 10.9 Å². The summed E-state index contributed by atoms with van der Waals surface area (Å²) in [6, 6.07) is 8.42. The minimum Gasteiger partial charge on any atom is -0.383 e. The van der Waals surface area contributed by atoms with E-state index in [1.54, 1.807) is 5.38 Å². The normalized spacial score (nSPS) is 16.9. The first-order chi connectivity index (χ1) is 11.2. The SMILES string of the molecule is CC1CCN(Cc2ccccc2C=NNc2nc(N)cs2)CC1. The van der Waals surface area contributed by atoms with E-state index in [4.69, 9.17) is 5.73 Å². The Hall–Kier alpha value is -1.92. The van der Waals surface area contributed by atoms with Gasteiger partial charge >= 0.3 is 0 Å². The van der Waals surface area contributed by atoms with Crippen molar-refractivity contribution in [2.75, 3.05) is 24.2 Å². The smallest absolute Gasteiger partial charge is 0.205 e. The molecular formula is C17H23N5S. The zero-order valence-electron chi connectivity index (χ0n) is 13.4. The molecule has 1 aliphatic heterocycles. The Morgan fingerprint density at radius 2 is 2.17 bits per heavy atom. The molecule has 6 heteroatoms. The highest BCUT2D eigenvalue weighted by molar-refractivity contribution is 7.14. The average molecular weight is 329 g/mol. The van der Waals surface area contributed by atoms with Gasteiger partial charge in [0.15, 0.2) is 0 Å². The molecule has 1 aromatic heterocycles. The molecule has 0 radical (unpaired) electrons. The predicted octanol–water partition coefficient (Wildman–Crippen LogP) is 3.40. The van der Waals surface area contributed by atoms with Gasteiger partial charge in [-0.2, -0.15) is 5.10 Å². The van der Waals surface area contributed by atoms with Crippen LogP contribution in [0.5, 0.6) is 0 Å². The first-order valence-corrected chi connectivity index (χ1v) is 8.89. The second-order valence-electron chi connectivity index (χ2n) is 6.11. The summed E-state index contributed by atoms with van der Waals surface area (Å²) in [5.41, 5.74) is 11.0. The average Bonchev–Trinajstić information content (AvgIpc) is 2.97. The highest BCUT2D eigenvalue weighted by Gasteiger charge is 2.16. The number of piperidine rings is 1. The molecule has 1 aliphatic rings. The van der Waals surface area contributed by atoms with Crippen LogP contribution in [0.2, 0.25) is 0 Å². The molecule has 122 valence electrons. The van der Waals surface area contributed by atoms with Crippen molar-refractivity contribution in [1.82, 2.24) is 9.88 Å². The van der Waals surface area contributed by atoms with Crippen LogP contribution in [0, 0.1) is 5.92 Å². The molecule has 0 atom stereocenters. The van der Waals surface area contributed by atoms with Crippen LogP contribution >= 0.6 is 11.3 Å². The van der Waals surface area contributed by atoms with Gasteiger partial charge in [0, 0.05) is 11.9 Å². The van der Waals surface area contributed by atoms with Gasteiger partial charge in [-0.25, -0.2) is 4.98 Å². The summed E-state index contributed by atoms with van der Waals surface area (Å²) in [7, 11) is 0. The number of nitrogens with zero attached hydrogens (tertiary/aromatic N) is 3. The Kier molecular flexibility index (Phi) is 5.25. The largest absolute Gasteiger partial charge is 0.383 e. The van der Waals surface area contributed by atoms with E-state index in [9.17, 15) is 0 Å². The second-order valence-corrected chi connectivity index (χ2v) is 6.96. The zero-order chi connectivity index (χ0) is 16.1. The molecule has 2 aromatic rings. The highest BCUT2D eigenvalue weighted by Crippen LogP contribution is 2.19. The van der Waals surface area contributed by atoms with E-state index in [0.717, 1.165) is 18.0 Å². The van der Waals surface area contributed by atoms with E-state index >= 15 is 0 Å². The maximum absolute atomic E-state index is 5.60. The number of nitrogens with two attached hydrogens (primary N) is 1. The van der Waals surface area contributed by atoms with Gasteiger partial charge in [-0.3, -0.25) is 10.3 Å². The first kappa shape index (κ1) is 16.0. The van der Waals surface area contributed by atoms with Crippen molar-refractivity contribution < 1.29 is 0 Å². The van der Waals surface area contributed by atoms with Crippen LogP contribution in [-0.4, -0.2) is 29.2 Å². The van der Waals surface area contributed by atoms with Crippen molar-refractivity contribution in [3.63, 3.8) is 0 Å². The molecule has 1 saturated heterocycles. The lowest BCUT2D eigenvalue weighted by Gasteiger charge is -2.30. The van der Waals surface area contributed by atoms with Crippen molar-refractivity contribution >= 4 is 28.5 Å². The number of benzene rings is 1. The Morgan fingerprint density at radius 3 is 2.91 bits per heavy atom. The highest BCUT2D eigenvalue weighted by atomic mass is 32.1. The summed E-state index contributed by atoms with van der Waals surface area (Å²) in [6.07, 6.45) is 4.45. The lowest BCUT2D eigenvalue weighted by atomic mass is 9.98. The Labute approximate surface area is 141 Å². The molecule has 3 N–H and O–H groups in total. The van der Waals surface area contributed by atoms with E-state index in [0.29, 0.717) is 10.9 Å². The monoisotopic (exact) mass is 329 g/mol. The quantitative estimate of drug-likeness (QED) is 0.652. The van der Waals surface area contributed by atoms with Crippen LogP contribution < -0.4 is 11.2 Å². The van der Waals surface area contributed by atoms with Gasteiger partial charge < -0.3 is 5.73 Å². The van der Waals surface area contributed by atoms with Crippen LogP contribution in [-0.2, 0) is 6.54 Å². The number of rotatable bonds is 5. The number of hydrazone groups is 1. The third-order valence-electron chi connectivity index (χ3n) is 4.21. The van der Waals surface area contributed by atoms with Gasteiger partial charge in [0.1, 0.15) is 5.82 Å². The standard InChI is InChI=1S/C17H23N5S/c1-13-6-8-22(9-7-13)11-15-5-3-2-4-14(15)10-19-21-17-20-16(18)12-23-17/h2-5,10,12-13H,6-9,11,18H2,1H3,(H,20,21). The van der Waals surface area contributed by atoms with E-state index in [1.807, 2.05) is 12.3 Å². The summed E-state index contributed by atoms with van der Waals surface area (Å²) >= 11 is 1.45. The van der Waals surface area contributed by atoms with Crippen LogP contribution in [0.3, 0.4) is 0 Å². The molecule has 5 nitrogen and oxygen atoms in total. The van der Waals surface area contributed by atoms with E-state index in [-0.39, 0.29) is 0 Å². The Morgan fingerprint density at radius 1 is 1.39 bits per heavy atom. The summed E-state index contributed by atoms with van der Waals surface area (Å²) in [5, 5.41) is 6.79. The Bertz CT molecular complexity index is 659. The van der Waals surface area contributed by atoms with Crippen molar-refractivity contribution in [2.24, 2.45) is 11.0 Å². The molecule has 0 spiro atoms. The van der Waals surface area contributed by atoms with Crippen molar-refractivity contribution in [3.05, 3.63) is 40.8 Å². The number of thiazole rings is 1. The maximum Gasteiger partial charge on any atom is 0.205 e. The minimum absolute atomic E-state index is 0.521. The van der Waals surface area contributed by atoms with Crippen LogP contribution in [0.15, 0.2) is 34.7 Å². The summed E-state index contributed by atoms with van der Waals surface area (Å²) < 4.78 is 0. The molecule has 0 bridgehead atoms. The fraction of sp³-hybridized carbons (Fsp3) is 0.412. The van der Waals surface area contributed by atoms with Crippen molar-refractivity contribution in [3.8, 4) is 0 Å². The maximum atomic E-state index is 5.60. The number of likely N-dealkylation sites (tertiary alicyclic amines) is 1. The van der Waals surface area contributed by atoms with Gasteiger partial charge in [-0.15, -0.1) is 11.3 Å². The van der Waals surface area contributed by atoms with Gasteiger partial charge in [0.25, 0.3) is 0 Å². The zero-order valence-corrected chi connectivity index (χ0v) is 14.2. The molecule has 0 aliphatic carbocycles. The molecule has 1 fully saturated rings. The van der Waals surface area contributed by atoms with Gasteiger partial charge in [0.2, 0.25) is 5.13 Å². The molecule has 0 saturated carbocycles. The summed E-state index contributed by atoms with van der Waals surface area (Å²) in [5.74, 6) is 1.38. The van der Waals surface area contributed by atoms with Gasteiger partial charge in [0.05, 0.1) is 6.21 Å². The van der Waals surface area contributed by atoms with Crippen molar-refractivity contribution in [1.29, 1.82) is 0 Å². The fourth-order valence-corrected chi connectivity index (χ4v) is 3.31. The third kappa shape index (κ3) is 4.53. The van der Waals surface area contributed by atoms with Crippen LogP contribution in [0.1, 0.15) is 30.9 Å². The number of aromatic nitrogens is 1. The number of hydrogen-bond acceptors (Lipinski definition) is 6. The second kappa shape index (κ2) is 7.57. The molecule has 1 aromatic carbocycles. The number of nitrogen functional groups attached to an aromatic ring is 1. The van der Waals surface area contributed by atoms with Gasteiger partial charge in [-0.05, 0) is 43.0 Å². The van der Waals surface area contributed by atoms with E-state index in [2.05, 4.69) is 45.5 Å². The topological polar surface area (TPSA) is 66.5 Å². The molecule has 0 unspecified atom stereocenters. The summed E-state index contributed by atoms with van der Waals surface area (Å²) in [4.78, 5) is 6.66. The lowest BCUT2D eigenvalue weighted by Crippen LogP contribution is -2.32. The summed E-state index contributed by atoms with van der Waals surface area (Å²) in [6.45, 7) is 5.70. The molecular weight excluding hydrogens is 306 g/mol. The predicted molar refractivity (Wildman–Crippen MR) is 97.9 cm³/mol. The number of nitrogens with one attached hydrogen (secondary N) is 1. The van der Waals surface area contributed by atoms with Crippen LogP contribution in [0.25, 0.3) is 0 Å². The van der Waals surface area contributed by atoms with Gasteiger partial charge in [-0.1, -0.05) is 31.2 Å². The van der Waals surface area contributed by atoms with E-state index < -0.39 is 0 Å². The first-order valence-electron chi connectivity index (χ1n) is 8.01. The van der Waals surface area contributed by atoms with E-state index in [1.165, 1.54) is 42.8 Å². The van der Waals surface area contributed by atoms with Crippen molar-refractivity contribution in [2.45, 2.75) is 26.3 Å². The lowest BCUT2D eigenvalue weighted by molar-refractivity contribution is 0.185. The molecule has 23 heavy (non-hydrogen) atoms. The number of hydrogen-bond donors (Lipinski definition) is 2. The molecule has 0 amide bonds. The fourth-order valence-electron chi connectivity index (χ4n) is 2.76. The third-order valence-corrected chi connectivity index (χ3v) is 4.98. The minimum atomic E-state index is 0.521. The molecule has 3 rings (SSSR count).